The average Bonchev–Trinajstić information content (AvgIpc) is 2.38. The molecule has 20 heavy (non-hydrogen) atoms. The van der Waals surface area contributed by atoms with E-state index in [1.54, 1.807) is 0 Å². The molecule has 0 aliphatic rings. The van der Waals surface area contributed by atoms with Crippen molar-refractivity contribution in [2.24, 2.45) is 0 Å². The van der Waals surface area contributed by atoms with Gasteiger partial charge in [-0.2, -0.15) is 0 Å². The van der Waals surface area contributed by atoms with Gasteiger partial charge < -0.3 is 11.1 Å². The Kier molecular flexibility index (Phi) is 3.43. The van der Waals surface area contributed by atoms with Crippen molar-refractivity contribution in [1.29, 1.82) is 0 Å². The second-order valence-electron chi connectivity index (χ2n) is 3.80. The fraction of sp³-hybridized carbons (Fsp3) is 0.0909. The van der Waals surface area contributed by atoms with Gasteiger partial charge in [-0.05, 0) is 6.92 Å². The topological polar surface area (TPSA) is 63.8 Å². The standard InChI is InChI=1S/C11H7F5N4/c1-3-18-4(17)2-5(19-3)20-11-9(15)7(13)6(12)8(14)10(11)16/h2H,1H3,(H3,17,18,19,20). The van der Waals surface area contributed by atoms with Gasteiger partial charge in [0.05, 0.1) is 0 Å². The first kappa shape index (κ1) is 14.0. The highest BCUT2D eigenvalue weighted by Gasteiger charge is 2.26. The quantitative estimate of drug-likeness (QED) is 0.507. The maximum absolute atomic E-state index is 13.4. The summed E-state index contributed by atoms with van der Waals surface area (Å²) < 4.78 is 65.7. The Balaban J connectivity index is 2.54. The minimum absolute atomic E-state index is 0.0242. The van der Waals surface area contributed by atoms with E-state index in [4.69, 9.17) is 5.73 Å². The third-order valence-corrected chi connectivity index (χ3v) is 2.32. The molecule has 2 aromatic rings. The number of nitrogen functional groups attached to an aromatic ring is 1. The lowest BCUT2D eigenvalue weighted by Gasteiger charge is -2.10. The Bertz CT molecular complexity index is 640. The number of anilines is 3. The van der Waals surface area contributed by atoms with Crippen molar-refractivity contribution >= 4 is 17.3 Å². The van der Waals surface area contributed by atoms with E-state index in [2.05, 4.69) is 9.97 Å². The molecule has 0 atom stereocenters. The third kappa shape index (κ3) is 2.33. The largest absolute Gasteiger partial charge is 0.384 e. The lowest BCUT2D eigenvalue weighted by molar-refractivity contribution is 0.382. The van der Waals surface area contributed by atoms with Gasteiger partial charge in [0.25, 0.3) is 0 Å². The minimum atomic E-state index is -2.23. The zero-order chi connectivity index (χ0) is 15.0. The van der Waals surface area contributed by atoms with Gasteiger partial charge in [-0.1, -0.05) is 0 Å². The van der Waals surface area contributed by atoms with Crippen LogP contribution in [0.4, 0.5) is 39.3 Å². The van der Waals surface area contributed by atoms with E-state index in [-0.39, 0.29) is 17.5 Å². The number of nitrogens with two attached hydrogens (primary N) is 1. The lowest BCUT2D eigenvalue weighted by Crippen LogP contribution is -2.08. The molecule has 2 rings (SSSR count). The van der Waals surface area contributed by atoms with Crippen LogP contribution in [0.2, 0.25) is 0 Å². The number of benzene rings is 1. The van der Waals surface area contributed by atoms with Crippen LogP contribution in [0.25, 0.3) is 0 Å². The maximum atomic E-state index is 13.4. The van der Waals surface area contributed by atoms with Crippen molar-refractivity contribution in [3.63, 3.8) is 0 Å². The first-order chi connectivity index (χ1) is 9.31. The smallest absolute Gasteiger partial charge is 0.200 e. The molecule has 4 nitrogen and oxygen atoms in total. The summed E-state index contributed by atoms with van der Waals surface area (Å²) >= 11 is 0. The summed E-state index contributed by atoms with van der Waals surface area (Å²) in [5.74, 6) is -10.4. The fourth-order valence-corrected chi connectivity index (χ4v) is 1.50. The molecule has 1 aromatic carbocycles. The molecular formula is C11H7F5N4. The Hall–Kier alpha value is -2.45. The molecule has 0 unspecified atom stereocenters. The SMILES string of the molecule is Cc1nc(N)cc(Nc2c(F)c(F)c(F)c(F)c2F)n1. The third-order valence-electron chi connectivity index (χ3n) is 2.32. The Morgan fingerprint density at radius 2 is 1.40 bits per heavy atom. The van der Waals surface area contributed by atoms with Gasteiger partial charge in [-0.15, -0.1) is 0 Å². The van der Waals surface area contributed by atoms with Crippen LogP contribution in [0, 0.1) is 36.0 Å². The molecule has 3 N–H and O–H groups in total. The average molecular weight is 290 g/mol. The number of halogens is 5. The summed E-state index contributed by atoms with van der Waals surface area (Å²) in [6.45, 7) is 1.44. The highest BCUT2D eigenvalue weighted by Crippen LogP contribution is 2.29. The molecule has 0 amide bonds. The first-order valence-corrected chi connectivity index (χ1v) is 5.21. The Labute approximate surface area is 109 Å². The monoisotopic (exact) mass is 290 g/mol. The molecule has 0 fully saturated rings. The minimum Gasteiger partial charge on any atom is -0.384 e. The van der Waals surface area contributed by atoms with E-state index in [1.807, 2.05) is 5.32 Å². The van der Waals surface area contributed by atoms with Crippen LogP contribution >= 0.6 is 0 Å². The molecule has 0 aliphatic heterocycles. The molecule has 1 heterocycles. The Morgan fingerprint density at radius 3 is 1.90 bits per heavy atom. The van der Waals surface area contributed by atoms with Crippen molar-refractivity contribution in [3.8, 4) is 0 Å². The van der Waals surface area contributed by atoms with Crippen LogP contribution < -0.4 is 11.1 Å². The molecular weight excluding hydrogens is 283 g/mol. The molecule has 0 bridgehead atoms. The summed E-state index contributed by atoms with van der Waals surface area (Å²) in [7, 11) is 0. The van der Waals surface area contributed by atoms with Crippen molar-refractivity contribution < 1.29 is 22.0 Å². The first-order valence-electron chi connectivity index (χ1n) is 5.21. The highest BCUT2D eigenvalue weighted by atomic mass is 19.2. The van der Waals surface area contributed by atoms with E-state index < -0.39 is 34.8 Å². The summed E-state index contributed by atoms with van der Waals surface area (Å²) in [6, 6.07) is 1.09. The van der Waals surface area contributed by atoms with Gasteiger partial charge in [0, 0.05) is 6.07 Å². The van der Waals surface area contributed by atoms with Crippen LogP contribution in [-0.2, 0) is 0 Å². The van der Waals surface area contributed by atoms with E-state index in [1.165, 1.54) is 6.92 Å². The van der Waals surface area contributed by atoms with E-state index in [9.17, 15) is 22.0 Å². The number of nitrogens with zero attached hydrogens (tertiary/aromatic N) is 2. The molecule has 9 heteroatoms. The number of hydrogen-bond donors (Lipinski definition) is 2. The van der Waals surface area contributed by atoms with Crippen molar-refractivity contribution in [2.75, 3.05) is 11.1 Å². The Morgan fingerprint density at radius 1 is 0.900 bits per heavy atom. The zero-order valence-corrected chi connectivity index (χ0v) is 9.94. The van der Waals surface area contributed by atoms with Crippen molar-refractivity contribution in [3.05, 3.63) is 41.0 Å². The molecule has 106 valence electrons. The molecule has 0 saturated carbocycles. The van der Waals surface area contributed by atoms with E-state index in [0.29, 0.717) is 0 Å². The van der Waals surface area contributed by atoms with E-state index in [0.717, 1.165) is 6.07 Å². The second-order valence-corrected chi connectivity index (χ2v) is 3.80. The van der Waals surface area contributed by atoms with Crippen LogP contribution in [-0.4, -0.2) is 9.97 Å². The van der Waals surface area contributed by atoms with Gasteiger partial charge >= 0.3 is 0 Å². The number of aryl methyl sites for hydroxylation is 1. The predicted molar refractivity (Wildman–Crippen MR) is 60.7 cm³/mol. The molecule has 1 aromatic heterocycles. The summed E-state index contributed by atoms with van der Waals surface area (Å²) in [5, 5.41) is 2.00. The predicted octanol–water partition coefficient (Wildman–Crippen LogP) is 2.81. The van der Waals surface area contributed by atoms with Crippen molar-refractivity contribution in [1.82, 2.24) is 9.97 Å². The van der Waals surface area contributed by atoms with Gasteiger partial charge in [0.1, 0.15) is 23.1 Å². The van der Waals surface area contributed by atoms with Crippen LogP contribution in [0.5, 0.6) is 0 Å². The second kappa shape index (κ2) is 4.91. The number of aromatic nitrogens is 2. The lowest BCUT2D eigenvalue weighted by atomic mass is 10.2. The number of rotatable bonds is 2. The van der Waals surface area contributed by atoms with Gasteiger partial charge in [-0.3, -0.25) is 0 Å². The number of hydrogen-bond acceptors (Lipinski definition) is 4. The normalized spacial score (nSPS) is 10.7. The van der Waals surface area contributed by atoms with Gasteiger partial charge in [-0.25, -0.2) is 31.9 Å². The molecule has 0 radical (unpaired) electrons. The summed E-state index contributed by atoms with van der Waals surface area (Å²) in [5.41, 5.74) is 4.18. The maximum Gasteiger partial charge on any atom is 0.200 e. The van der Waals surface area contributed by atoms with Crippen LogP contribution in [0.15, 0.2) is 6.07 Å². The summed E-state index contributed by atoms with van der Waals surface area (Å²) in [6.07, 6.45) is 0. The number of nitrogens with one attached hydrogen (secondary N) is 1. The highest BCUT2D eigenvalue weighted by molar-refractivity contribution is 5.60. The fourth-order valence-electron chi connectivity index (χ4n) is 1.50. The van der Waals surface area contributed by atoms with Crippen LogP contribution in [0.1, 0.15) is 5.82 Å². The van der Waals surface area contributed by atoms with Crippen molar-refractivity contribution in [2.45, 2.75) is 6.92 Å². The molecule has 0 saturated heterocycles. The zero-order valence-electron chi connectivity index (χ0n) is 9.94. The van der Waals surface area contributed by atoms with E-state index >= 15 is 0 Å². The summed E-state index contributed by atoms with van der Waals surface area (Å²) in [4.78, 5) is 7.42. The molecule has 0 aliphatic carbocycles. The van der Waals surface area contributed by atoms with Gasteiger partial charge in [0.15, 0.2) is 23.3 Å². The van der Waals surface area contributed by atoms with Gasteiger partial charge in [0.2, 0.25) is 5.82 Å². The molecule has 0 spiro atoms. The van der Waals surface area contributed by atoms with Crippen LogP contribution in [0.3, 0.4) is 0 Å².